The van der Waals surface area contributed by atoms with Crippen LogP contribution < -0.4 is 0 Å². The Morgan fingerprint density at radius 1 is 1.42 bits per heavy atom. The molecule has 2 fully saturated rings. The number of aryl methyl sites for hydroxylation is 1. The van der Waals surface area contributed by atoms with Crippen molar-refractivity contribution >= 4 is 5.91 Å². The zero-order chi connectivity index (χ0) is 16.5. The van der Waals surface area contributed by atoms with E-state index in [1.54, 1.807) is 18.4 Å². The first-order valence-corrected chi connectivity index (χ1v) is 8.36. The molecule has 7 heteroatoms. The van der Waals surface area contributed by atoms with Gasteiger partial charge in [-0.25, -0.2) is 4.98 Å². The fourth-order valence-corrected chi connectivity index (χ4v) is 3.64. The van der Waals surface area contributed by atoms with Crippen molar-refractivity contribution < 1.29 is 13.9 Å². The van der Waals surface area contributed by atoms with E-state index < -0.39 is 0 Å². The Labute approximate surface area is 140 Å². The SMILES string of the molecule is Cn1cncc1CN1CC[C@@H]2OCCN(C(=O)c3ccco3)[C@H]2C1. The highest BCUT2D eigenvalue weighted by Crippen LogP contribution is 2.25. The molecule has 1 amide bonds. The number of carbonyl (C=O) groups is 1. The van der Waals surface area contributed by atoms with Gasteiger partial charge in [0.25, 0.3) is 5.91 Å². The minimum atomic E-state index is -0.0410. The van der Waals surface area contributed by atoms with E-state index in [1.165, 1.54) is 5.69 Å². The largest absolute Gasteiger partial charge is 0.459 e. The van der Waals surface area contributed by atoms with Crippen LogP contribution in [0.1, 0.15) is 22.7 Å². The fourth-order valence-electron chi connectivity index (χ4n) is 3.64. The minimum Gasteiger partial charge on any atom is -0.459 e. The van der Waals surface area contributed by atoms with Crippen molar-refractivity contribution in [2.75, 3.05) is 26.2 Å². The van der Waals surface area contributed by atoms with Crippen molar-refractivity contribution in [1.29, 1.82) is 0 Å². The third kappa shape index (κ3) is 2.85. The summed E-state index contributed by atoms with van der Waals surface area (Å²) in [6, 6.07) is 3.54. The maximum atomic E-state index is 12.7. The van der Waals surface area contributed by atoms with E-state index in [0.29, 0.717) is 18.9 Å². The molecule has 4 heterocycles. The smallest absolute Gasteiger partial charge is 0.290 e. The van der Waals surface area contributed by atoms with E-state index in [0.717, 1.165) is 26.1 Å². The number of hydrogen-bond donors (Lipinski definition) is 0. The molecule has 128 valence electrons. The highest BCUT2D eigenvalue weighted by Gasteiger charge is 2.40. The Morgan fingerprint density at radius 2 is 2.33 bits per heavy atom. The summed E-state index contributed by atoms with van der Waals surface area (Å²) in [6.07, 6.45) is 6.30. The minimum absolute atomic E-state index is 0.0410. The van der Waals surface area contributed by atoms with E-state index >= 15 is 0 Å². The van der Waals surface area contributed by atoms with Gasteiger partial charge in [0, 0.05) is 39.4 Å². The molecule has 0 unspecified atom stereocenters. The van der Waals surface area contributed by atoms with Crippen molar-refractivity contribution in [1.82, 2.24) is 19.4 Å². The number of likely N-dealkylation sites (tertiary alicyclic amines) is 1. The molecule has 0 N–H and O–H groups in total. The van der Waals surface area contributed by atoms with Gasteiger partial charge in [0.05, 0.1) is 37.0 Å². The van der Waals surface area contributed by atoms with Crippen LogP contribution in [0.2, 0.25) is 0 Å². The van der Waals surface area contributed by atoms with Gasteiger partial charge < -0.3 is 18.6 Å². The molecular formula is C17H22N4O3. The molecule has 7 nitrogen and oxygen atoms in total. The van der Waals surface area contributed by atoms with Crippen molar-refractivity contribution in [3.8, 4) is 0 Å². The molecule has 2 aliphatic heterocycles. The maximum Gasteiger partial charge on any atom is 0.290 e. The summed E-state index contributed by atoms with van der Waals surface area (Å²) < 4.78 is 13.3. The number of hydrogen-bond acceptors (Lipinski definition) is 5. The van der Waals surface area contributed by atoms with E-state index in [9.17, 15) is 4.79 Å². The predicted octanol–water partition coefficient (Wildman–Crippen LogP) is 1.13. The Hall–Kier alpha value is -2.12. The second-order valence-electron chi connectivity index (χ2n) is 6.47. The number of aromatic nitrogens is 2. The summed E-state index contributed by atoms with van der Waals surface area (Å²) in [5.41, 5.74) is 1.18. The second-order valence-corrected chi connectivity index (χ2v) is 6.47. The first-order chi connectivity index (χ1) is 11.7. The van der Waals surface area contributed by atoms with Gasteiger partial charge in [0.2, 0.25) is 0 Å². The lowest BCUT2D eigenvalue weighted by atomic mass is 9.98. The first kappa shape index (κ1) is 15.4. The first-order valence-electron chi connectivity index (χ1n) is 8.36. The fraction of sp³-hybridized carbons (Fsp3) is 0.529. The molecule has 0 aromatic carbocycles. The highest BCUT2D eigenvalue weighted by molar-refractivity contribution is 5.91. The number of morpholine rings is 1. The number of imidazole rings is 1. The van der Waals surface area contributed by atoms with Crippen LogP contribution in [0.4, 0.5) is 0 Å². The molecule has 2 aliphatic rings. The number of ether oxygens (including phenoxy) is 1. The molecular weight excluding hydrogens is 308 g/mol. The number of nitrogens with zero attached hydrogens (tertiary/aromatic N) is 4. The van der Waals surface area contributed by atoms with Crippen molar-refractivity contribution in [2.24, 2.45) is 7.05 Å². The highest BCUT2D eigenvalue weighted by atomic mass is 16.5. The van der Waals surface area contributed by atoms with Crippen LogP contribution in [0.25, 0.3) is 0 Å². The van der Waals surface area contributed by atoms with Crippen LogP contribution in [0, 0.1) is 0 Å². The van der Waals surface area contributed by atoms with Crippen molar-refractivity contribution in [3.63, 3.8) is 0 Å². The molecule has 24 heavy (non-hydrogen) atoms. The lowest BCUT2D eigenvalue weighted by Gasteiger charge is -2.46. The Morgan fingerprint density at radius 3 is 3.08 bits per heavy atom. The molecule has 2 saturated heterocycles. The van der Waals surface area contributed by atoms with Crippen LogP contribution in [0.15, 0.2) is 35.3 Å². The van der Waals surface area contributed by atoms with Gasteiger partial charge in [-0.1, -0.05) is 0 Å². The third-order valence-electron chi connectivity index (χ3n) is 4.96. The van der Waals surface area contributed by atoms with E-state index in [2.05, 4.69) is 9.88 Å². The summed E-state index contributed by atoms with van der Waals surface area (Å²) in [6.45, 7) is 3.82. The van der Waals surface area contributed by atoms with E-state index in [1.807, 2.05) is 29.0 Å². The van der Waals surface area contributed by atoms with E-state index in [4.69, 9.17) is 9.15 Å². The van der Waals surface area contributed by atoms with Crippen LogP contribution in [0.3, 0.4) is 0 Å². The van der Waals surface area contributed by atoms with Crippen molar-refractivity contribution in [3.05, 3.63) is 42.4 Å². The number of piperidine rings is 1. The summed E-state index contributed by atoms with van der Waals surface area (Å²) in [5, 5.41) is 0. The molecule has 0 aliphatic carbocycles. The number of amides is 1. The average Bonchev–Trinajstić information content (AvgIpc) is 3.26. The standard InChI is InChI=1S/C17H22N4O3/c1-19-12-18-9-13(19)10-20-5-4-15-14(11-20)21(6-8-24-15)17(22)16-3-2-7-23-16/h2-3,7,9,12,14-15H,4-6,8,10-11H2,1H3/t14-,15-/m0/s1. The molecule has 2 aromatic heterocycles. The van der Waals surface area contributed by atoms with E-state index in [-0.39, 0.29) is 18.1 Å². The molecule has 4 rings (SSSR count). The topological polar surface area (TPSA) is 63.7 Å². The number of rotatable bonds is 3. The predicted molar refractivity (Wildman–Crippen MR) is 86.4 cm³/mol. The van der Waals surface area contributed by atoms with Gasteiger partial charge in [-0.05, 0) is 18.6 Å². The second kappa shape index (κ2) is 6.41. The van der Waals surface area contributed by atoms with Gasteiger partial charge in [0.1, 0.15) is 0 Å². The Kier molecular flexibility index (Phi) is 4.12. The van der Waals surface area contributed by atoms with Gasteiger partial charge in [-0.3, -0.25) is 9.69 Å². The summed E-state index contributed by atoms with van der Waals surface area (Å²) in [4.78, 5) is 21.2. The zero-order valence-electron chi connectivity index (χ0n) is 13.8. The van der Waals surface area contributed by atoms with Gasteiger partial charge in [0.15, 0.2) is 5.76 Å². The Bertz CT molecular complexity index is 697. The van der Waals surface area contributed by atoms with Crippen LogP contribution in [-0.2, 0) is 18.3 Å². The quantitative estimate of drug-likeness (QED) is 0.844. The molecule has 0 spiro atoms. The molecule has 0 saturated carbocycles. The maximum absolute atomic E-state index is 12.7. The average molecular weight is 330 g/mol. The van der Waals surface area contributed by atoms with Crippen molar-refractivity contribution in [2.45, 2.75) is 25.1 Å². The summed E-state index contributed by atoms with van der Waals surface area (Å²) in [7, 11) is 2.01. The summed E-state index contributed by atoms with van der Waals surface area (Å²) in [5.74, 6) is 0.361. The van der Waals surface area contributed by atoms with Gasteiger partial charge in [-0.2, -0.15) is 0 Å². The lowest BCUT2D eigenvalue weighted by Crippen LogP contribution is -2.61. The number of carbonyl (C=O) groups excluding carboxylic acids is 1. The van der Waals surface area contributed by atoms with Crippen LogP contribution in [0.5, 0.6) is 0 Å². The molecule has 2 aromatic rings. The van der Waals surface area contributed by atoms with Gasteiger partial charge in [-0.15, -0.1) is 0 Å². The number of furan rings is 1. The Balaban J connectivity index is 1.49. The number of fused-ring (bicyclic) bond motifs is 1. The summed E-state index contributed by atoms with van der Waals surface area (Å²) >= 11 is 0. The van der Waals surface area contributed by atoms with Gasteiger partial charge >= 0.3 is 0 Å². The molecule has 0 radical (unpaired) electrons. The molecule has 0 bridgehead atoms. The lowest BCUT2D eigenvalue weighted by molar-refractivity contribution is -0.0921. The molecule has 2 atom stereocenters. The normalized spacial score (nSPS) is 24.8. The van der Waals surface area contributed by atoms with Crippen LogP contribution in [-0.4, -0.2) is 63.6 Å². The third-order valence-corrected chi connectivity index (χ3v) is 4.96. The van der Waals surface area contributed by atoms with Crippen LogP contribution >= 0.6 is 0 Å². The monoisotopic (exact) mass is 330 g/mol. The zero-order valence-corrected chi connectivity index (χ0v) is 13.8.